The molecule has 1 rings (SSSR count). The second-order valence-corrected chi connectivity index (χ2v) is 7.44. The smallest absolute Gasteiger partial charge is 0.246 e. The Hall–Kier alpha value is -1.25. The van der Waals surface area contributed by atoms with E-state index in [1.807, 2.05) is 6.26 Å². The Labute approximate surface area is 142 Å². The van der Waals surface area contributed by atoms with E-state index in [0.29, 0.717) is 36.9 Å². The predicted octanol–water partition coefficient (Wildman–Crippen LogP) is 2.42. The third-order valence-corrected chi connectivity index (χ3v) is 5.75. The van der Waals surface area contributed by atoms with E-state index in [4.69, 9.17) is 4.74 Å². The normalized spacial score (nSPS) is 11.5. The van der Waals surface area contributed by atoms with Crippen LogP contribution in [0.5, 0.6) is 5.75 Å². The zero-order chi connectivity index (χ0) is 17.5. The van der Waals surface area contributed by atoms with Crippen LogP contribution in [0.4, 0.5) is 5.69 Å². The van der Waals surface area contributed by atoms with Crippen LogP contribution in [0.15, 0.2) is 23.1 Å². The maximum atomic E-state index is 12.8. The molecule has 0 saturated heterocycles. The van der Waals surface area contributed by atoms with Crippen molar-refractivity contribution < 1.29 is 17.9 Å². The Morgan fingerprint density at radius 1 is 1.26 bits per heavy atom. The van der Waals surface area contributed by atoms with Gasteiger partial charge in [0.25, 0.3) is 0 Å². The standard InChI is InChI=1S/C15H24N2O4S2/c1-5-17(6-2)23(19,20)14-10-12(16-15(18)11-22-4)8-9-13(14)21-7-3/h8-10H,5-7,11H2,1-4H3,(H,16,18). The predicted molar refractivity (Wildman–Crippen MR) is 94.7 cm³/mol. The minimum absolute atomic E-state index is 0.0741. The lowest BCUT2D eigenvalue weighted by Gasteiger charge is -2.21. The van der Waals surface area contributed by atoms with Crippen molar-refractivity contribution in [3.8, 4) is 5.75 Å². The number of carbonyl (C=O) groups excluding carboxylic acids is 1. The van der Waals surface area contributed by atoms with Crippen molar-refractivity contribution in [1.29, 1.82) is 0 Å². The van der Waals surface area contributed by atoms with Crippen molar-refractivity contribution >= 4 is 33.4 Å². The first kappa shape index (κ1) is 19.8. The van der Waals surface area contributed by atoms with E-state index < -0.39 is 10.0 Å². The van der Waals surface area contributed by atoms with Crippen LogP contribution in [-0.2, 0) is 14.8 Å². The van der Waals surface area contributed by atoms with Gasteiger partial charge in [0.05, 0.1) is 12.4 Å². The van der Waals surface area contributed by atoms with Crippen LogP contribution in [0.2, 0.25) is 0 Å². The molecular formula is C15H24N2O4S2. The molecule has 0 bridgehead atoms. The van der Waals surface area contributed by atoms with Gasteiger partial charge in [-0.3, -0.25) is 4.79 Å². The van der Waals surface area contributed by atoms with Crippen LogP contribution in [0.3, 0.4) is 0 Å². The molecule has 0 aromatic heterocycles. The molecule has 0 aliphatic rings. The van der Waals surface area contributed by atoms with Crippen molar-refractivity contribution in [3.05, 3.63) is 18.2 Å². The van der Waals surface area contributed by atoms with Crippen molar-refractivity contribution in [1.82, 2.24) is 4.31 Å². The lowest BCUT2D eigenvalue weighted by atomic mass is 10.3. The fourth-order valence-corrected chi connectivity index (χ4v) is 4.04. The van der Waals surface area contributed by atoms with Crippen LogP contribution in [0, 0.1) is 0 Å². The molecule has 0 aliphatic carbocycles. The molecule has 0 radical (unpaired) electrons. The molecule has 23 heavy (non-hydrogen) atoms. The monoisotopic (exact) mass is 360 g/mol. The van der Waals surface area contributed by atoms with E-state index in [9.17, 15) is 13.2 Å². The minimum atomic E-state index is -3.67. The van der Waals surface area contributed by atoms with E-state index in [-0.39, 0.29) is 10.8 Å². The van der Waals surface area contributed by atoms with Crippen molar-refractivity contribution in [2.75, 3.05) is 37.0 Å². The third-order valence-electron chi connectivity index (χ3n) is 3.13. The number of ether oxygens (including phenoxy) is 1. The van der Waals surface area contributed by atoms with Gasteiger partial charge in [0.15, 0.2) is 0 Å². The number of sulfonamides is 1. The average Bonchev–Trinajstić information content (AvgIpc) is 2.50. The summed E-state index contributed by atoms with van der Waals surface area (Å²) in [6.45, 7) is 6.46. The van der Waals surface area contributed by atoms with Crippen LogP contribution in [0.25, 0.3) is 0 Å². The fourth-order valence-electron chi connectivity index (χ4n) is 2.09. The molecule has 0 unspecified atom stereocenters. The summed E-state index contributed by atoms with van der Waals surface area (Å²) in [4.78, 5) is 11.8. The number of carbonyl (C=O) groups is 1. The Bertz CT molecular complexity index is 628. The summed E-state index contributed by atoms with van der Waals surface area (Å²) >= 11 is 1.40. The minimum Gasteiger partial charge on any atom is -0.492 e. The molecule has 1 aromatic rings. The summed E-state index contributed by atoms with van der Waals surface area (Å²) in [5.74, 6) is 0.431. The van der Waals surface area contributed by atoms with E-state index in [2.05, 4.69) is 5.32 Å². The van der Waals surface area contributed by atoms with Crippen LogP contribution >= 0.6 is 11.8 Å². The van der Waals surface area contributed by atoms with Crippen molar-refractivity contribution in [2.24, 2.45) is 0 Å². The molecule has 1 aromatic carbocycles. The topological polar surface area (TPSA) is 75.7 Å². The van der Waals surface area contributed by atoms with E-state index in [1.54, 1.807) is 32.9 Å². The van der Waals surface area contributed by atoms with Crippen LogP contribution < -0.4 is 10.1 Å². The van der Waals surface area contributed by atoms with Crippen LogP contribution in [-0.4, -0.2) is 50.3 Å². The second kappa shape index (κ2) is 9.14. The number of anilines is 1. The summed E-state index contributed by atoms with van der Waals surface area (Å²) in [6, 6.07) is 4.68. The van der Waals surface area contributed by atoms with Crippen molar-refractivity contribution in [3.63, 3.8) is 0 Å². The first-order valence-corrected chi connectivity index (χ1v) is 10.3. The third kappa shape index (κ3) is 5.12. The molecule has 0 heterocycles. The molecule has 130 valence electrons. The SMILES string of the molecule is CCOc1ccc(NC(=O)CSC)cc1S(=O)(=O)N(CC)CC. The number of amides is 1. The zero-order valence-corrected chi connectivity index (χ0v) is 15.6. The van der Waals surface area contributed by atoms with Gasteiger partial charge in [0.2, 0.25) is 15.9 Å². The van der Waals surface area contributed by atoms with Crippen molar-refractivity contribution in [2.45, 2.75) is 25.7 Å². The number of thioether (sulfide) groups is 1. The molecule has 0 aliphatic heterocycles. The Kier molecular flexibility index (Phi) is 7.87. The molecule has 1 N–H and O–H groups in total. The van der Waals surface area contributed by atoms with E-state index >= 15 is 0 Å². The van der Waals surface area contributed by atoms with Gasteiger partial charge >= 0.3 is 0 Å². The van der Waals surface area contributed by atoms with Gasteiger partial charge in [-0.2, -0.15) is 16.1 Å². The Balaban J connectivity index is 3.28. The molecule has 0 atom stereocenters. The first-order chi connectivity index (χ1) is 10.9. The maximum Gasteiger partial charge on any atom is 0.246 e. The molecule has 0 spiro atoms. The van der Waals surface area contributed by atoms with E-state index in [1.165, 1.54) is 22.1 Å². The molecule has 1 amide bonds. The lowest BCUT2D eigenvalue weighted by Crippen LogP contribution is -2.31. The zero-order valence-electron chi connectivity index (χ0n) is 14.0. The maximum absolute atomic E-state index is 12.8. The fraction of sp³-hybridized carbons (Fsp3) is 0.533. The van der Waals surface area contributed by atoms with Gasteiger partial charge in [-0.05, 0) is 31.4 Å². The molecule has 0 saturated carbocycles. The Morgan fingerprint density at radius 2 is 1.91 bits per heavy atom. The lowest BCUT2D eigenvalue weighted by molar-refractivity contribution is -0.113. The van der Waals surface area contributed by atoms with Gasteiger partial charge in [-0.1, -0.05) is 13.8 Å². The number of nitrogens with zero attached hydrogens (tertiary/aromatic N) is 1. The summed E-state index contributed by atoms with van der Waals surface area (Å²) in [6.07, 6.45) is 1.83. The van der Waals surface area contributed by atoms with Crippen LogP contribution in [0.1, 0.15) is 20.8 Å². The highest BCUT2D eigenvalue weighted by molar-refractivity contribution is 7.99. The van der Waals surface area contributed by atoms with Gasteiger partial charge in [0, 0.05) is 18.8 Å². The van der Waals surface area contributed by atoms with Gasteiger partial charge < -0.3 is 10.1 Å². The highest BCUT2D eigenvalue weighted by atomic mass is 32.2. The highest BCUT2D eigenvalue weighted by Gasteiger charge is 2.26. The summed E-state index contributed by atoms with van der Waals surface area (Å²) < 4.78 is 32.4. The quantitative estimate of drug-likeness (QED) is 0.732. The number of nitrogens with one attached hydrogen (secondary N) is 1. The number of hydrogen-bond acceptors (Lipinski definition) is 5. The van der Waals surface area contributed by atoms with Gasteiger partial charge in [-0.15, -0.1) is 0 Å². The average molecular weight is 361 g/mol. The molecular weight excluding hydrogens is 336 g/mol. The Morgan fingerprint density at radius 3 is 2.43 bits per heavy atom. The largest absolute Gasteiger partial charge is 0.492 e. The first-order valence-electron chi connectivity index (χ1n) is 7.46. The van der Waals surface area contributed by atoms with E-state index in [0.717, 1.165) is 0 Å². The second-order valence-electron chi connectivity index (χ2n) is 4.67. The van der Waals surface area contributed by atoms with Gasteiger partial charge in [-0.25, -0.2) is 8.42 Å². The molecule has 6 nitrogen and oxygen atoms in total. The highest BCUT2D eigenvalue weighted by Crippen LogP contribution is 2.30. The summed E-state index contributed by atoms with van der Waals surface area (Å²) in [7, 11) is -3.67. The number of benzene rings is 1. The summed E-state index contributed by atoms with van der Waals surface area (Å²) in [5, 5.41) is 2.70. The summed E-state index contributed by atoms with van der Waals surface area (Å²) in [5.41, 5.74) is 0.443. The van der Waals surface area contributed by atoms with Gasteiger partial charge in [0.1, 0.15) is 10.6 Å². The molecule has 8 heteroatoms. The number of hydrogen-bond donors (Lipinski definition) is 1. The number of rotatable bonds is 9. The molecule has 0 fully saturated rings.